The Bertz CT molecular complexity index is 742. The molecule has 3 amide bonds. The number of carbonyl (C=O) groups is 4. The lowest BCUT2D eigenvalue weighted by molar-refractivity contribution is -0.141. The molecule has 10 nitrogen and oxygen atoms in total. The van der Waals surface area contributed by atoms with E-state index < -0.39 is 24.0 Å². The van der Waals surface area contributed by atoms with Crippen LogP contribution in [0.25, 0.3) is 0 Å². The van der Waals surface area contributed by atoms with Crippen LogP contribution in [0.4, 0.5) is 4.79 Å². The van der Waals surface area contributed by atoms with Gasteiger partial charge < -0.3 is 31.5 Å². The quantitative estimate of drug-likeness (QED) is 0.173. The summed E-state index contributed by atoms with van der Waals surface area (Å²) in [5.74, 6) is -0.133. The number of alkyl carbamates (subject to hydrolysis) is 1. The summed E-state index contributed by atoms with van der Waals surface area (Å²) >= 11 is 9.50. The smallest absolute Gasteiger partial charge is 0.407 e. The number of carbonyl (C=O) groups excluding carboxylic acids is 3. The summed E-state index contributed by atoms with van der Waals surface area (Å²) in [7, 11) is 0. The van der Waals surface area contributed by atoms with Crippen molar-refractivity contribution < 1.29 is 29.0 Å². The number of nitrogens with two attached hydrogens (primary N) is 1. The van der Waals surface area contributed by atoms with Crippen molar-refractivity contribution >= 4 is 60.9 Å². The van der Waals surface area contributed by atoms with Crippen molar-refractivity contribution in [2.45, 2.75) is 31.5 Å². The van der Waals surface area contributed by atoms with Gasteiger partial charge in [0.25, 0.3) is 0 Å². The molecule has 13 heteroatoms. The van der Waals surface area contributed by atoms with Crippen molar-refractivity contribution in [2.75, 3.05) is 36.6 Å². The first-order chi connectivity index (χ1) is 16.2. The van der Waals surface area contributed by atoms with E-state index in [1.807, 2.05) is 36.6 Å². The number of hydrogen-bond acceptors (Lipinski definition) is 9. The zero-order valence-corrected chi connectivity index (χ0v) is 21.7. The number of rotatable bonds is 14. The number of benzene rings is 1. The first-order valence-corrected chi connectivity index (χ1v) is 13.1. The van der Waals surface area contributed by atoms with Gasteiger partial charge in [-0.25, -0.2) is 9.59 Å². The van der Waals surface area contributed by atoms with Gasteiger partial charge in [-0.1, -0.05) is 30.3 Å². The molecule has 0 radical (unpaired) electrons. The third-order valence-corrected chi connectivity index (χ3v) is 5.26. The van der Waals surface area contributed by atoms with Gasteiger partial charge in [0.2, 0.25) is 11.8 Å². The number of aliphatic carboxylic acids is 1. The van der Waals surface area contributed by atoms with Gasteiger partial charge in [-0.05, 0) is 24.0 Å². The van der Waals surface area contributed by atoms with Crippen molar-refractivity contribution in [1.82, 2.24) is 16.0 Å². The molecular weight excluding hydrogens is 500 g/mol. The van der Waals surface area contributed by atoms with E-state index in [0.717, 1.165) is 17.7 Å². The van der Waals surface area contributed by atoms with E-state index in [4.69, 9.17) is 15.6 Å². The molecule has 0 spiro atoms. The van der Waals surface area contributed by atoms with Crippen molar-refractivity contribution in [3.63, 3.8) is 0 Å². The minimum atomic E-state index is -1.15. The molecule has 0 saturated carbocycles. The minimum Gasteiger partial charge on any atom is -0.480 e. The van der Waals surface area contributed by atoms with Gasteiger partial charge in [0.1, 0.15) is 12.6 Å². The van der Waals surface area contributed by atoms with Gasteiger partial charge in [-0.2, -0.15) is 37.0 Å². The molecule has 0 bridgehead atoms. The molecule has 0 fully saturated rings. The predicted octanol–water partition coefficient (Wildman–Crippen LogP) is 0.915. The van der Waals surface area contributed by atoms with E-state index in [1.165, 1.54) is 0 Å². The summed E-state index contributed by atoms with van der Waals surface area (Å²) in [5.41, 5.74) is 6.45. The number of nitrogens with one attached hydrogen (secondary N) is 3. The van der Waals surface area contributed by atoms with Crippen LogP contribution in [0.5, 0.6) is 0 Å². The molecule has 2 unspecified atom stereocenters. The number of carboxylic acids is 1. The lowest BCUT2D eigenvalue weighted by Gasteiger charge is -2.12. The number of ether oxygens (including phenoxy) is 1. The maximum Gasteiger partial charge on any atom is 0.407 e. The maximum absolute atomic E-state index is 11.5. The van der Waals surface area contributed by atoms with Gasteiger partial charge in [-0.15, -0.1) is 0 Å². The second-order valence-electron chi connectivity index (χ2n) is 6.78. The normalized spacial score (nSPS) is 11.8. The number of hydrogen-bond donors (Lipinski definition) is 7. The average molecular weight is 535 g/mol. The van der Waals surface area contributed by atoms with Crippen molar-refractivity contribution in [3.05, 3.63) is 35.9 Å². The third-order valence-electron chi connectivity index (χ3n) is 4.03. The van der Waals surface area contributed by atoms with Crippen LogP contribution in [-0.2, 0) is 25.7 Å². The molecule has 0 heterocycles. The summed E-state index contributed by atoms with van der Waals surface area (Å²) in [6.45, 7) is 0.785. The van der Waals surface area contributed by atoms with Gasteiger partial charge in [0.05, 0.1) is 6.04 Å². The van der Waals surface area contributed by atoms with Crippen LogP contribution < -0.4 is 21.7 Å². The Balaban J connectivity index is 0.000000770. The van der Waals surface area contributed by atoms with Crippen molar-refractivity contribution in [1.29, 1.82) is 0 Å². The molecule has 0 aliphatic rings. The minimum absolute atomic E-state index is 0.00633. The van der Waals surface area contributed by atoms with E-state index in [9.17, 15) is 19.2 Å². The zero-order chi connectivity index (χ0) is 25.8. The molecule has 1 rings (SSSR count). The molecule has 2 atom stereocenters. The Hall–Kier alpha value is -2.09. The molecule has 1 aromatic rings. The first kappa shape index (κ1) is 31.9. The summed E-state index contributed by atoms with van der Waals surface area (Å²) in [4.78, 5) is 44.7. The molecule has 34 heavy (non-hydrogen) atoms. The average Bonchev–Trinajstić information content (AvgIpc) is 2.83. The second kappa shape index (κ2) is 20.3. The highest BCUT2D eigenvalue weighted by atomic mass is 32.2. The molecule has 0 aliphatic heterocycles. The lowest BCUT2D eigenvalue weighted by Crippen LogP contribution is -2.43. The third kappa shape index (κ3) is 16.5. The molecule has 0 saturated heterocycles. The number of carboxylic acid groups (broad SMARTS) is 1. The van der Waals surface area contributed by atoms with E-state index in [2.05, 4.69) is 41.2 Å². The van der Waals surface area contributed by atoms with Crippen LogP contribution in [-0.4, -0.2) is 77.7 Å². The van der Waals surface area contributed by atoms with Crippen LogP contribution in [0.1, 0.15) is 18.4 Å². The fourth-order valence-corrected chi connectivity index (χ4v) is 3.04. The summed E-state index contributed by atoms with van der Waals surface area (Å²) < 4.78 is 4.96. The van der Waals surface area contributed by atoms with Gasteiger partial charge in [0.15, 0.2) is 0 Å². The van der Waals surface area contributed by atoms with E-state index in [0.29, 0.717) is 12.3 Å². The topological polar surface area (TPSA) is 160 Å². The Kier molecular flexibility index (Phi) is 19.0. The highest BCUT2D eigenvalue weighted by molar-refractivity contribution is 7.98. The highest BCUT2D eigenvalue weighted by Crippen LogP contribution is 2.00. The molecule has 1 aromatic carbocycles. The van der Waals surface area contributed by atoms with Gasteiger partial charge >= 0.3 is 12.1 Å². The number of thiol groups is 2. The Morgan fingerprint density at radius 1 is 1.12 bits per heavy atom. The predicted molar refractivity (Wildman–Crippen MR) is 141 cm³/mol. The molecule has 6 N–H and O–H groups in total. The van der Waals surface area contributed by atoms with Crippen LogP contribution in [0.15, 0.2) is 30.3 Å². The van der Waals surface area contributed by atoms with Crippen molar-refractivity contribution in [3.8, 4) is 0 Å². The summed E-state index contributed by atoms with van der Waals surface area (Å²) in [5, 5.41) is 16.2. The molecular formula is C21H34N4O6S3. The molecule has 0 aromatic heterocycles. The van der Waals surface area contributed by atoms with Crippen molar-refractivity contribution in [2.24, 2.45) is 5.73 Å². The zero-order valence-electron chi connectivity index (χ0n) is 19.1. The Morgan fingerprint density at radius 2 is 1.79 bits per heavy atom. The maximum atomic E-state index is 11.5. The van der Waals surface area contributed by atoms with Crippen LogP contribution in [0.3, 0.4) is 0 Å². The van der Waals surface area contributed by atoms with Gasteiger partial charge in [-0.3, -0.25) is 9.59 Å². The standard InChI is InChI=1S/C14H18N2O5S.C7H16N2OS2/c17-12(16-11(9-22)13(18)19)6-7-15-14(20)21-8-10-4-2-1-3-5-10;1-12-5-2-6(8)7(10)9-3-4-11/h1-5,11,22H,6-9H2,(H,15,20)(H,16,17)(H,18,19);6,11H,2-5,8H2,1H3,(H,9,10). The van der Waals surface area contributed by atoms with E-state index >= 15 is 0 Å². The van der Waals surface area contributed by atoms with Crippen LogP contribution in [0.2, 0.25) is 0 Å². The monoisotopic (exact) mass is 534 g/mol. The SMILES string of the molecule is CSCCC(N)C(=O)NCCS.O=C(CCNC(=O)OCc1ccccc1)NC(CS)C(=O)O. The fraction of sp³-hybridized carbons (Fsp3) is 0.524. The summed E-state index contributed by atoms with van der Waals surface area (Å²) in [6.07, 6.45) is 2.05. The van der Waals surface area contributed by atoms with E-state index in [1.54, 1.807) is 11.8 Å². The highest BCUT2D eigenvalue weighted by Gasteiger charge is 2.17. The largest absolute Gasteiger partial charge is 0.480 e. The summed E-state index contributed by atoms with van der Waals surface area (Å²) in [6, 6.07) is 7.77. The van der Waals surface area contributed by atoms with E-state index in [-0.39, 0.29) is 37.3 Å². The molecule has 0 aliphatic carbocycles. The lowest BCUT2D eigenvalue weighted by atomic mass is 10.2. The first-order valence-electron chi connectivity index (χ1n) is 10.5. The number of amides is 3. The Morgan fingerprint density at radius 3 is 2.35 bits per heavy atom. The fourth-order valence-electron chi connectivity index (χ4n) is 2.19. The number of thioether (sulfide) groups is 1. The molecule has 192 valence electrons. The second-order valence-corrected chi connectivity index (χ2v) is 8.58. The Labute approximate surface area is 215 Å². The van der Waals surface area contributed by atoms with Crippen LogP contribution in [0, 0.1) is 0 Å². The van der Waals surface area contributed by atoms with Gasteiger partial charge in [0, 0.05) is 31.0 Å². The van der Waals surface area contributed by atoms with Crippen LogP contribution >= 0.6 is 37.0 Å².